The number of fused-ring (bicyclic) bond motifs is 2. The van der Waals surface area contributed by atoms with Crippen molar-refractivity contribution in [3.63, 3.8) is 0 Å². The Morgan fingerprint density at radius 1 is 0.955 bits per heavy atom. The van der Waals surface area contributed by atoms with E-state index in [0.717, 1.165) is 40.3 Å². The average Bonchev–Trinajstić information content (AvgIpc) is 2.60. The van der Waals surface area contributed by atoms with E-state index in [1.165, 1.54) is 5.39 Å². The zero-order valence-electron chi connectivity index (χ0n) is 12.5. The number of benzene rings is 2. The molecule has 1 aromatic heterocycles. The van der Waals surface area contributed by atoms with Crippen LogP contribution in [0.25, 0.3) is 22.0 Å². The zero-order valence-corrected chi connectivity index (χ0v) is 12.5. The monoisotopic (exact) mass is 291 g/mol. The molecule has 4 rings (SSSR count). The highest BCUT2D eigenvalue weighted by Crippen LogP contribution is 2.36. The lowest BCUT2D eigenvalue weighted by molar-refractivity contribution is 0.171. The van der Waals surface area contributed by atoms with Crippen molar-refractivity contribution in [2.75, 3.05) is 13.2 Å². The molecule has 0 N–H and O–H groups in total. The first-order valence-electron chi connectivity index (χ1n) is 7.64. The molecule has 0 atom stereocenters. The maximum absolute atomic E-state index is 5.70. The van der Waals surface area contributed by atoms with Crippen molar-refractivity contribution in [3.8, 4) is 22.8 Å². The van der Waals surface area contributed by atoms with E-state index in [2.05, 4.69) is 43.3 Å². The largest absolute Gasteiger partial charge is 0.486 e. The van der Waals surface area contributed by atoms with Crippen LogP contribution in [0.2, 0.25) is 0 Å². The molecule has 110 valence electrons. The second kappa shape index (κ2) is 5.34. The fourth-order valence-corrected chi connectivity index (χ4v) is 2.85. The summed E-state index contributed by atoms with van der Waals surface area (Å²) in [6, 6.07) is 16.6. The van der Waals surface area contributed by atoms with E-state index < -0.39 is 0 Å². The second-order valence-corrected chi connectivity index (χ2v) is 5.40. The van der Waals surface area contributed by atoms with Crippen molar-refractivity contribution in [2.24, 2.45) is 0 Å². The predicted molar refractivity (Wildman–Crippen MR) is 87.5 cm³/mol. The van der Waals surface area contributed by atoms with Gasteiger partial charge in [0.15, 0.2) is 11.5 Å². The van der Waals surface area contributed by atoms with Crippen molar-refractivity contribution >= 4 is 10.8 Å². The van der Waals surface area contributed by atoms with Gasteiger partial charge >= 0.3 is 0 Å². The second-order valence-electron chi connectivity index (χ2n) is 5.40. The van der Waals surface area contributed by atoms with Gasteiger partial charge in [0.1, 0.15) is 13.2 Å². The van der Waals surface area contributed by atoms with Gasteiger partial charge < -0.3 is 9.47 Å². The lowest BCUT2D eigenvalue weighted by Gasteiger charge is -2.19. The molecule has 0 unspecified atom stereocenters. The maximum Gasteiger partial charge on any atom is 0.162 e. The van der Waals surface area contributed by atoms with Gasteiger partial charge in [0, 0.05) is 16.6 Å². The number of ether oxygens (including phenoxy) is 2. The molecule has 3 nitrogen and oxygen atoms in total. The van der Waals surface area contributed by atoms with E-state index in [-0.39, 0.29) is 0 Å². The zero-order chi connectivity index (χ0) is 14.9. The van der Waals surface area contributed by atoms with Gasteiger partial charge in [-0.25, -0.2) is 0 Å². The van der Waals surface area contributed by atoms with Crippen LogP contribution in [-0.2, 0) is 6.42 Å². The Kier molecular flexibility index (Phi) is 3.19. The first kappa shape index (κ1) is 13.1. The Labute approximate surface area is 129 Å². The number of nitrogens with zero attached hydrogens (tertiary/aromatic N) is 1. The van der Waals surface area contributed by atoms with Crippen LogP contribution in [0.4, 0.5) is 0 Å². The molecule has 0 saturated heterocycles. The third-order valence-corrected chi connectivity index (χ3v) is 3.97. The third-order valence-electron chi connectivity index (χ3n) is 3.97. The molecule has 0 spiro atoms. The third kappa shape index (κ3) is 2.19. The first-order valence-corrected chi connectivity index (χ1v) is 7.64. The topological polar surface area (TPSA) is 31.4 Å². The minimum absolute atomic E-state index is 0.597. The van der Waals surface area contributed by atoms with Crippen LogP contribution in [0.3, 0.4) is 0 Å². The molecule has 22 heavy (non-hydrogen) atoms. The van der Waals surface area contributed by atoms with Crippen LogP contribution in [-0.4, -0.2) is 18.2 Å². The normalized spacial score (nSPS) is 13.3. The molecule has 2 aromatic carbocycles. The molecule has 1 aliphatic rings. The molecule has 0 amide bonds. The van der Waals surface area contributed by atoms with E-state index in [4.69, 9.17) is 14.5 Å². The standard InChI is InChI=1S/C19H17NO2/c1-2-15-11-13-5-3-4-6-16(13)19(20-15)14-7-8-17-18(12-14)22-10-9-21-17/h3-8,11-12H,2,9-10H2,1H3. The molecule has 2 heterocycles. The molecule has 3 aromatic rings. The van der Waals surface area contributed by atoms with Crippen molar-refractivity contribution < 1.29 is 9.47 Å². The number of hydrogen-bond acceptors (Lipinski definition) is 3. The van der Waals surface area contributed by atoms with Crippen LogP contribution in [0.5, 0.6) is 11.5 Å². The van der Waals surface area contributed by atoms with Gasteiger partial charge in [-0.15, -0.1) is 0 Å². The van der Waals surface area contributed by atoms with Gasteiger partial charge in [-0.2, -0.15) is 0 Å². The average molecular weight is 291 g/mol. The minimum atomic E-state index is 0.597. The van der Waals surface area contributed by atoms with E-state index in [1.54, 1.807) is 0 Å². The molecule has 0 radical (unpaired) electrons. The van der Waals surface area contributed by atoms with E-state index in [9.17, 15) is 0 Å². The molecular formula is C19H17NO2. The van der Waals surface area contributed by atoms with Gasteiger partial charge in [-0.3, -0.25) is 4.98 Å². The highest BCUT2D eigenvalue weighted by atomic mass is 16.6. The highest BCUT2D eigenvalue weighted by molar-refractivity contribution is 5.95. The summed E-state index contributed by atoms with van der Waals surface area (Å²) in [7, 11) is 0. The molecule has 0 fully saturated rings. The Morgan fingerprint density at radius 2 is 1.77 bits per heavy atom. The van der Waals surface area contributed by atoms with Gasteiger partial charge in [0.25, 0.3) is 0 Å². The van der Waals surface area contributed by atoms with Crippen LogP contribution < -0.4 is 9.47 Å². The maximum atomic E-state index is 5.70. The molecule has 1 aliphatic heterocycles. The number of pyridine rings is 1. The summed E-state index contributed by atoms with van der Waals surface area (Å²) in [4.78, 5) is 4.84. The predicted octanol–water partition coefficient (Wildman–Crippen LogP) is 4.24. The van der Waals surface area contributed by atoms with Crippen LogP contribution in [0, 0.1) is 0 Å². The highest BCUT2D eigenvalue weighted by Gasteiger charge is 2.14. The van der Waals surface area contributed by atoms with E-state index in [1.807, 2.05) is 12.1 Å². The van der Waals surface area contributed by atoms with Crippen LogP contribution in [0.1, 0.15) is 12.6 Å². The van der Waals surface area contributed by atoms with Crippen LogP contribution >= 0.6 is 0 Å². The van der Waals surface area contributed by atoms with Gasteiger partial charge in [-0.1, -0.05) is 31.2 Å². The summed E-state index contributed by atoms with van der Waals surface area (Å²) in [5.41, 5.74) is 3.17. The molecule has 0 aliphatic carbocycles. The van der Waals surface area contributed by atoms with Crippen molar-refractivity contribution in [3.05, 3.63) is 54.2 Å². The number of hydrogen-bond donors (Lipinski definition) is 0. The molecule has 0 bridgehead atoms. The Morgan fingerprint density at radius 3 is 2.64 bits per heavy atom. The number of aromatic nitrogens is 1. The number of aryl methyl sites for hydroxylation is 1. The van der Waals surface area contributed by atoms with E-state index >= 15 is 0 Å². The first-order chi connectivity index (χ1) is 10.8. The summed E-state index contributed by atoms with van der Waals surface area (Å²) in [5.74, 6) is 1.61. The summed E-state index contributed by atoms with van der Waals surface area (Å²) < 4.78 is 11.3. The lowest BCUT2D eigenvalue weighted by atomic mass is 10.0. The van der Waals surface area contributed by atoms with Crippen molar-refractivity contribution in [2.45, 2.75) is 13.3 Å². The van der Waals surface area contributed by atoms with Gasteiger partial charge in [-0.05, 0) is 36.1 Å². The lowest BCUT2D eigenvalue weighted by Crippen LogP contribution is -2.15. The summed E-state index contributed by atoms with van der Waals surface area (Å²) in [5, 5.41) is 2.38. The quantitative estimate of drug-likeness (QED) is 0.708. The SMILES string of the molecule is CCc1cc2ccccc2c(-c2ccc3c(c2)OCCO3)n1. The fraction of sp³-hybridized carbons (Fsp3) is 0.211. The van der Waals surface area contributed by atoms with Gasteiger partial charge in [0.2, 0.25) is 0 Å². The van der Waals surface area contributed by atoms with Gasteiger partial charge in [0.05, 0.1) is 5.69 Å². The molecule has 3 heteroatoms. The summed E-state index contributed by atoms with van der Waals surface area (Å²) >= 11 is 0. The molecular weight excluding hydrogens is 274 g/mol. The fourth-order valence-electron chi connectivity index (χ4n) is 2.85. The van der Waals surface area contributed by atoms with Crippen molar-refractivity contribution in [1.29, 1.82) is 0 Å². The molecule has 0 saturated carbocycles. The van der Waals surface area contributed by atoms with Crippen LogP contribution in [0.15, 0.2) is 48.5 Å². The minimum Gasteiger partial charge on any atom is -0.486 e. The Bertz CT molecular complexity index is 842. The smallest absolute Gasteiger partial charge is 0.162 e. The van der Waals surface area contributed by atoms with E-state index in [0.29, 0.717) is 13.2 Å². The van der Waals surface area contributed by atoms with Crippen molar-refractivity contribution in [1.82, 2.24) is 4.98 Å². The summed E-state index contributed by atoms with van der Waals surface area (Å²) in [6.07, 6.45) is 0.919. The Hall–Kier alpha value is -2.55. The number of rotatable bonds is 2. The summed E-state index contributed by atoms with van der Waals surface area (Å²) in [6.45, 7) is 3.34. The Balaban J connectivity index is 1.93.